The zero-order chi connectivity index (χ0) is 19.4. The predicted octanol–water partition coefficient (Wildman–Crippen LogP) is 2.71. The van der Waals surface area contributed by atoms with Crippen LogP contribution in [0.4, 0.5) is 0 Å². The molecule has 0 spiro atoms. The maximum Gasteiger partial charge on any atom is 0.337 e. The highest BCUT2D eigenvalue weighted by Gasteiger charge is 2.10. The van der Waals surface area contributed by atoms with Crippen LogP contribution in [0.3, 0.4) is 0 Å². The number of hydrogen-bond acceptors (Lipinski definition) is 5. The fourth-order valence-corrected chi connectivity index (χ4v) is 3.43. The standard InChI is InChI=1S/C20H20N2O4S/c1-26-20(23)17-5-3-4-16(12-17)14-22-11-10-21-19(22)13-15-6-8-18(9-7-15)27(2,24)25/h3-12H,13-14H2,1-2H3. The molecule has 0 aliphatic rings. The number of rotatable bonds is 6. The van der Waals surface area contributed by atoms with E-state index in [9.17, 15) is 13.2 Å². The second-order valence-corrected chi connectivity index (χ2v) is 8.27. The molecule has 0 radical (unpaired) electrons. The molecule has 0 saturated carbocycles. The van der Waals surface area contributed by atoms with Crippen molar-refractivity contribution in [1.29, 1.82) is 0 Å². The number of sulfone groups is 1. The van der Waals surface area contributed by atoms with Gasteiger partial charge in [0.25, 0.3) is 0 Å². The molecule has 6 nitrogen and oxygen atoms in total. The number of carbonyl (C=O) groups excluding carboxylic acids is 1. The molecule has 0 fully saturated rings. The van der Waals surface area contributed by atoms with Gasteiger partial charge in [-0.2, -0.15) is 0 Å². The molecule has 0 aliphatic carbocycles. The van der Waals surface area contributed by atoms with Gasteiger partial charge in [-0.15, -0.1) is 0 Å². The van der Waals surface area contributed by atoms with E-state index in [1.54, 1.807) is 42.6 Å². The van der Waals surface area contributed by atoms with E-state index in [-0.39, 0.29) is 5.97 Å². The van der Waals surface area contributed by atoms with Gasteiger partial charge in [-0.3, -0.25) is 0 Å². The summed E-state index contributed by atoms with van der Waals surface area (Å²) in [6.07, 6.45) is 5.38. The Morgan fingerprint density at radius 3 is 2.52 bits per heavy atom. The van der Waals surface area contributed by atoms with Crippen LogP contribution < -0.4 is 0 Å². The van der Waals surface area contributed by atoms with Crippen molar-refractivity contribution in [1.82, 2.24) is 9.55 Å². The van der Waals surface area contributed by atoms with Gasteiger partial charge in [0.2, 0.25) is 0 Å². The molecule has 0 saturated heterocycles. The molecular weight excluding hydrogens is 364 g/mol. The molecule has 140 valence electrons. The van der Waals surface area contributed by atoms with Crippen LogP contribution in [-0.4, -0.2) is 37.3 Å². The Bertz CT molecular complexity index is 1050. The van der Waals surface area contributed by atoms with E-state index in [2.05, 4.69) is 4.98 Å². The van der Waals surface area contributed by atoms with E-state index < -0.39 is 9.84 Å². The van der Waals surface area contributed by atoms with Gasteiger partial charge in [0.15, 0.2) is 9.84 Å². The van der Waals surface area contributed by atoms with Gasteiger partial charge in [0.05, 0.1) is 17.6 Å². The summed E-state index contributed by atoms with van der Waals surface area (Å²) in [7, 11) is -1.84. The Hall–Kier alpha value is -2.93. The Morgan fingerprint density at radius 2 is 1.85 bits per heavy atom. The summed E-state index contributed by atoms with van der Waals surface area (Å²) in [6, 6.07) is 14.1. The van der Waals surface area contributed by atoms with Crippen LogP contribution in [0, 0.1) is 0 Å². The molecule has 3 rings (SSSR count). The molecule has 1 aromatic heterocycles. The quantitative estimate of drug-likeness (QED) is 0.611. The maximum atomic E-state index is 11.7. The molecule has 2 aromatic carbocycles. The highest BCUT2D eigenvalue weighted by atomic mass is 32.2. The maximum absolute atomic E-state index is 11.7. The number of benzene rings is 2. The molecular formula is C20H20N2O4S. The lowest BCUT2D eigenvalue weighted by molar-refractivity contribution is 0.0600. The van der Waals surface area contributed by atoms with Gasteiger partial charge in [-0.25, -0.2) is 18.2 Å². The van der Waals surface area contributed by atoms with Crippen molar-refractivity contribution in [2.45, 2.75) is 17.9 Å². The number of imidazole rings is 1. The van der Waals surface area contributed by atoms with Gasteiger partial charge in [-0.1, -0.05) is 24.3 Å². The molecule has 0 unspecified atom stereocenters. The second-order valence-electron chi connectivity index (χ2n) is 6.26. The normalized spacial score (nSPS) is 11.3. The number of hydrogen-bond donors (Lipinski definition) is 0. The lowest BCUT2D eigenvalue weighted by Crippen LogP contribution is -2.07. The molecule has 0 atom stereocenters. The lowest BCUT2D eigenvalue weighted by Gasteiger charge is -2.10. The summed E-state index contributed by atoms with van der Waals surface area (Å²) >= 11 is 0. The zero-order valence-electron chi connectivity index (χ0n) is 15.1. The minimum atomic E-state index is -3.20. The largest absolute Gasteiger partial charge is 0.465 e. The number of carbonyl (C=O) groups is 1. The third-order valence-corrected chi connectivity index (χ3v) is 5.34. The molecule has 7 heteroatoms. The van der Waals surface area contributed by atoms with Crippen LogP contribution in [0.5, 0.6) is 0 Å². The van der Waals surface area contributed by atoms with E-state index in [0.29, 0.717) is 23.4 Å². The van der Waals surface area contributed by atoms with E-state index in [0.717, 1.165) is 17.0 Å². The first-order valence-corrected chi connectivity index (χ1v) is 10.2. The van der Waals surface area contributed by atoms with Gasteiger partial charge >= 0.3 is 5.97 Å². The highest BCUT2D eigenvalue weighted by molar-refractivity contribution is 7.90. The molecule has 3 aromatic rings. The minimum Gasteiger partial charge on any atom is -0.465 e. The van der Waals surface area contributed by atoms with Crippen molar-refractivity contribution < 1.29 is 17.9 Å². The highest BCUT2D eigenvalue weighted by Crippen LogP contribution is 2.15. The van der Waals surface area contributed by atoms with Crippen molar-refractivity contribution in [3.63, 3.8) is 0 Å². The Morgan fingerprint density at radius 1 is 1.11 bits per heavy atom. The summed E-state index contributed by atoms with van der Waals surface area (Å²) in [4.78, 5) is 16.4. The fourth-order valence-electron chi connectivity index (χ4n) is 2.80. The van der Waals surface area contributed by atoms with Crippen LogP contribution in [0.25, 0.3) is 0 Å². The molecule has 27 heavy (non-hydrogen) atoms. The molecule has 1 heterocycles. The van der Waals surface area contributed by atoms with Gasteiger partial charge in [0, 0.05) is 31.6 Å². The van der Waals surface area contributed by atoms with Gasteiger partial charge in [-0.05, 0) is 35.4 Å². The predicted molar refractivity (Wildman–Crippen MR) is 101 cm³/mol. The summed E-state index contributed by atoms with van der Waals surface area (Å²) < 4.78 is 29.9. The van der Waals surface area contributed by atoms with E-state index in [1.165, 1.54) is 13.4 Å². The van der Waals surface area contributed by atoms with Crippen molar-refractivity contribution in [3.05, 3.63) is 83.4 Å². The van der Waals surface area contributed by atoms with Crippen molar-refractivity contribution >= 4 is 15.8 Å². The molecule has 0 aliphatic heterocycles. The number of esters is 1. The first kappa shape index (κ1) is 18.8. The van der Waals surface area contributed by atoms with Gasteiger partial charge in [0.1, 0.15) is 5.82 Å². The van der Waals surface area contributed by atoms with Gasteiger partial charge < -0.3 is 9.30 Å². The fraction of sp³-hybridized carbons (Fsp3) is 0.200. The van der Waals surface area contributed by atoms with Crippen molar-refractivity contribution in [3.8, 4) is 0 Å². The summed E-state index contributed by atoms with van der Waals surface area (Å²) in [5.41, 5.74) is 2.44. The average molecular weight is 384 g/mol. The Kier molecular flexibility index (Phi) is 5.41. The lowest BCUT2D eigenvalue weighted by atomic mass is 10.1. The Balaban J connectivity index is 1.78. The van der Waals surface area contributed by atoms with Crippen LogP contribution in [-0.2, 0) is 27.5 Å². The van der Waals surface area contributed by atoms with E-state index >= 15 is 0 Å². The van der Waals surface area contributed by atoms with Crippen LogP contribution in [0.15, 0.2) is 65.8 Å². The Labute approximate surface area is 158 Å². The minimum absolute atomic E-state index is 0.300. The topological polar surface area (TPSA) is 78.3 Å². The first-order valence-electron chi connectivity index (χ1n) is 8.33. The summed E-state index contributed by atoms with van der Waals surface area (Å²) in [5, 5.41) is 0. The summed E-state index contributed by atoms with van der Waals surface area (Å²) in [5.74, 6) is 0.485. The van der Waals surface area contributed by atoms with E-state index in [1.807, 2.05) is 22.9 Å². The zero-order valence-corrected chi connectivity index (χ0v) is 15.9. The van der Waals surface area contributed by atoms with E-state index in [4.69, 9.17) is 4.74 Å². The molecule has 0 bridgehead atoms. The number of aromatic nitrogens is 2. The SMILES string of the molecule is COC(=O)c1cccc(Cn2ccnc2Cc2ccc(S(C)(=O)=O)cc2)c1. The number of ether oxygens (including phenoxy) is 1. The second kappa shape index (κ2) is 7.75. The third kappa shape index (κ3) is 4.62. The first-order chi connectivity index (χ1) is 12.9. The number of nitrogens with zero attached hydrogens (tertiary/aromatic N) is 2. The van der Waals surface area contributed by atoms with Crippen LogP contribution in [0.2, 0.25) is 0 Å². The molecule has 0 amide bonds. The smallest absolute Gasteiger partial charge is 0.337 e. The summed E-state index contributed by atoms with van der Waals surface area (Å²) in [6.45, 7) is 0.571. The molecule has 0 N–H and O–H groups in total. The van der Waals surface area contributed by atoms with Crippen molar-refractivity contribution in [2.24, 2.45) is 0 Å². The van der Waals surface area contributed by atoms with Crippen molar-refractivity contribution in [2.75, 3.05) is 13.4 Å². The number of methoxy groups -OCH3 is 1. The third-order valence-electron chi connectivity index (χ3n) is 4.22. The van der Waals surface area contributed by atoms with Crippen LogP contribution in [0.1, 0.15) is 27.3 Å². The van der Waals surface area contributed by atoms with Crippen LogP contribution >= 0.6 is 0 Å². The monoisotopic (exact) mass is 384 g/mol. The average Bonchev–Trinajstić information content (AvgIpc) is 3.07.